The van der Waals surface area contributed by atoms with Gasteiger partial charge >= 0.3 is 0 Å². The number of aliphatic hydroxyl groups is 1. The molecular weight excluding hydrogens is 214 g/mol. The van der Waals surface area contributed by atoms with E-state index < -0.39 is 0 Å². The molecule has 0 spiro atoms. The number of hydrogen-bond acceptors (Lipinski definition) is 3. The fraction of sp³-hybridized carbons (Fsp3) is 0.786. The molecule has 3 heteroatoms. The molecule has 1 saturated heterocycles. The van der Waals surface area contributed by atoms with Crippen LogP contribution in [-0.4, -0.2) is 41.5 Å². The molecule has 0 radical (unpaired) electrons. The van der Waals surface area contributed by atoms with Crippen LogP contribution in [0.15, 0.2) is 12.2 Å². The lowest BCUT2D eigenvalue weighted by Crippen LogP contribution is -2.32. The molecule has 0 aromatic heterocycles. The number of carbonyl (C=O) groups excluding carboxylic acids is 1. The minimum atomic E-state index is 0.220. The zero-order valence-corrected chi connectivity index (χ0v) is 11.1. The quantitative estimate of drug-likeness (QED) is 0.691. The van der Waals surface area contributed by atoms with E-state index in [-0.39, 0.29) is 12.4 Å². The Kier molecular flexibility index (Phi) is 6.45. The summed E-state index contributed by atoms with van der Waals surface area (Å²) in [5.41, 5.74) is 0. The van der Waals surface area contributed by atoms with E-state index in [9.17, 15) is 4.79 Å². The minimum Gasteiger partial charge on any atom is -0.396 e. The van der Waals surface area contributed by atoms with Gasteiger partial charge in [-0.1, -0.05) is 19.1 Å². The van der Waals surface area contributed by atoms with Crippen LogP contribution in [0.1, 0.15) is 39.5 Å². The van der Waals surface area contributed by atoms with Crippen molar-refractivity contribution in [3.63, 3.8) is 0 Å². The second-order valence-corrected chi connectivity index (χ2v) is 5.06. The maximum atomic E-state index is 10.8. The van der Waals surface area contributed by atoms with Gasteiger partial charge in [0.1, 0.15) is 5.78 Å². The molecule has 17 heavy (non-hydrogen) atoms. The van der Waals surface area contributed by atoms with Gasteiger partial charge in [-0.2, -0.15) is 0 Å². The first-order valence-corrected chi connectivity index (χ1v) is 6.64. The SMILES string of the molecule is CC(=O)C/C=C\CC1C(C)CCN1CCCO. The van der Waals surface area contributed by atoms with Crippen LogP contribution in [0.3, 0.4) is 0 Å². The Bertz CT molecular complexity index is 263. The lowest BCUT2D eigenvalue weighted by Gasteiger charge is -2.25. The zero-order chi connectivity index (χ0) is 12.7. The van der Waals surface area contributed by atoms with Crippen molar-refractivity contribution in [2.45, 2.75) is 45.6 Å². The lowest BCUT2D eigenvalue weighted by atomic mass is 9.99. The third-order valence-corrected chi connectivity index (χ3v) is 3.55. The zero-order valence-electron chi connectivity index (χ0n) is 11.1. The number of rotatable bonds is 7. The summed E-state index contributed by atoms with van der Waals surface area (Å²) in [6, 6.07) is 0.588. The summed E-state index contributed by atoms with van der Waals surface area (Å²) in [5.74, 6) is 0.938. The highest BCUT2D eigenvalue weighted by atomic mass is 16.3. The maximum absolute atomic E-state index is 10.8. The van der Waals surface area contributed by atoms with Crippen LogP contribution >= 0.6 is 0 Å². The van der Waals surface area contributed by atoms with Crippen molar-refractivity contribution in [1.82, 2.24) is 4.90 Å². The minimum absolute atomic E-state index is 0.220. The van der Waals surface area contributed by atoms with Gasteiger partial charge in [-0.05, 0) is 38.6 Å². The molecule has 0 aromatic rings. The van der Waals surface area contributed by atoms with Crippen LogP contribution < -0.4 is 0 Å². The van der Waals surface area contributed by atoms with Gasteiger partial charge < -0.3 is 5.11 Å². The van der Waals surface area contributed by atoms with Crippen LogP contribution in [0, 0.1) is 5.92 Å². The predicted octanol–water partition coefficient (Wildman–Crippen LogP) is 2.00. The lowest BCUT2D eigenvalue weighted by molar-refractivity contribution is -0.116. The van der Waals surface area contributed by atoms with E-state index in [1.165, 1.54) is 6.42 Å². The highest BCUT2D eigenvalue weighted by Gasteiger charge is 2.29. The summed E-state index contributed by atoms with van der Waals surface area (Å²) in [6.45, 7) is 6.33. The Morgan fingerprint density at radius 1 is 1.47 bits per heavy atom. The van der Waals surface area contributed by atoms with Crippen molar-refractivity contribution in [2.75, 3.05) is 19.7 Å². The Hall–Kier alpha value is -0.670. The van der Waals surface area contributed by atoms with E-state index in [1.54, 1.807) is 6.92 Å². The maximum Gasteiger partial charge on any atom is 0.133 e. The topological polar surface area (TPSA) is 40.5 Å². The van der Waals surface area contributed by atoms with Gasteiger partial charge in [0.05, 0.1) is 0 Å². The molecule has 0 amide bonds. The molecule has 1 N–H and O–H groups in total. The number of carbonyl (C=O) groups is 1. The van der Waals surface area contributed by atoms with Gasteiger partial charge in [0.15, 0.2) is 0 Å². The van der Waals surface area contributed by atoms with E-state index in [2.05, 4.69) is 17.9 Å². The fourth-order valence-electron chi connectivity index (χ4n) is 2.51. The number of likely N-dealkylation sites (tertiary alicyclic amines) is 1. The van der Waals surface area contributed by atoms with Crippen LogP contribution in [0.5, 0.6) is 0 Å². The van der Waals surface area contributed by atoms with Gasteiger partial charge in [-0.25, -0.2) is 0 Å². The molecule has 2 atom stereocenters. The molecule has 2 unspecified atom stereocenters. The average molecular weight is 239 g/mol. The van der Waals surface area contributed by atoms with Crippen molar-refractivity contribution in [1.29, 1.82) is 0 Å². The summed E-state index contributed by atoms with van der Waals surface area (Å²) < 4.78 is 0. The summed E-state index contributed by atoms with van der Waals surface area (Å²) in [4.78, 5) is 13.3. The van der Waals surface area contributed by atoms with Crippen LogP contribution in [0.2, 0.25) is 0 Å². The monoisotopic (exact) mass is 239 g/mol. The van der Waals surface area contributed by atoms with Gasteiger partial charge in [0, 0.05) is 25.6 Å². The first-order valence-electron chi connectivity index (χ1n) is 6.64. The van der Waals surface area contributed by atoms with Crippen molar-refractivity contribution in [3.8, 4) is 0 Å². The second-order valence-electron chi connectivity index (χ2n) is 5.06. The van der Waals surface area contributed by atoms with E-state index in [1.807, 2.05) is 6.08 Å². The number of nitrogens with zero attached hydrogens (tertiary/aromatic N) is 1. The number of Topliss-reactive ketones (excluding diaryl/α,β-unsaturated/α-hetero) is 1. The molecule has 1 fully saturated rings. The number of ketones is 1. The fourth-order valence-corrected chi connectivity index (χ4v) is 2.51. The first kappa shape index (κ1) is 14.4. The third kappa shape index (κ3) is 5.00. The van der Waals surface area contributed by atoms with Crippen molar-refractivity contribution < 1.29 is 9.90 Å². The Labute approximate surface area is 105 Å². The molecule has 98 valence electrons. The highest BCUT2D eigenvalue weighted by Crippen LogP contribution is 2.26. The van der Waals surface area contributed by atoms with Crippen LogP contribution in [0.4, 0.5) is 0 Å². The van der Waals surface area contributed by atoms with Gasteiger partial charge in [-0.3, -0.25) is 9.69 Å². The molecule has 0 bridgehead atoms. The normalized spacial score (nSPS) is 25.8. The first-order chi connectivity index (χ1) is 8.15. The smallest absolute Gasteiger partial charge is 0.133 e. The summed E-state index contributed by atoms with van der Waals surface area (Å²) in [5, 5.41) is 8.88. The van der Waals surface area contributed by atoms with Crippen molar-refractivity contribution in [2.24, 2.45) is 5.92 Å². The van der Waals surface area contributed by atoms with Crippen LogP contribution in [0.25, 0.3) is 0 Å². The second kappa shape index (κ2) is 7.62. The molecule has 1 rings (SSSR count). The van der Waals surface area contributed by atoms with Gasteiger partial charge in [0.2, 0.25) is 0 Å². The van der Waals surface area contributed by atoms with Gasteiger partial charge in [-0.15, -0.1) is 0 Å². The number of allylic oxidation sites excluding steroid dienone is 1. The Morgan fingerprint density at radius 2 is 2.24 bits per heavy atom. The summed E-state index contributed by atoms with van der Waals surface area (Å²) in [7, 11) is 0. The third-order valence-electron chi connectivity index (χ3n) is 3.55. The van der Waals surface area contributed by atoms with Gasteiger partial charge in [0.25, 0.3) is 0 Å². The number of hydrogen-bond donors (Lipinski definition) is 1. The molecular formula is C14H25NO2. The van der Waals surface area contributed by atoms with E-state index in [0.29, 0.717) is 12.5 Å². The molecule has 3 nitrogen and oxygen atoms in total. The molecule has 1 aliphatic rings. The van der Waals surface area contributed by atoms with E-state index in [4.69, 9.17) is 5.11 Å². The molecule has 1 heterocycles. The van der Waals surface area contributed by atoms with E-state index in [0.717, 1.165) is 31.8 Å². The predicted molar refractivity (Wildman–Crippen MR) is 69.9 cm³/mol. The standard InChI is InChI=1S/C14H25NO2/c1-12-8-10-15(9-5-11-16)14(12)7-4-3-6-13(2)17/h3-4,12,14,16H,5-11H2,1-2H3/b4-3-. The average Bonchev–Trinajstić information content (AvgIpc) is 2.63. The summed E-state index contributed by atoms with van der Waals surface area (Å²) in [6.07, 6.45) is 7.81. The molecule has 0 saturated carbocycles. The number of aliphatic hydroxyl groups excluding tert-OH is 1. The van der Waals surface area contributed by atoms with Crippen molar-refractivity contribution >= 4 is 5.78 Å². The van der Waals surface area contributed by atoms with Crippen molar-refractivity contribution in [3.05, 3.63) is 12.2 Å². The highest BCUT2D eigenvalue weighted by molar-refractivity contribution is 5.76. The Balaban J connectivity index is 2.36. The largest absolute Gasteiger partial charge is 0.396 e. The summed E-state index contributed by atoms with van der Waals surface area (Å²) >= 11 is 0. The van der Waals surface area contributed by atoms with Crippen LogP contribution in [-0.2, 0) is 4.79 Å². The molecule has 0 aliphatic carbocycles. The molecule has 1 aliphatic heterocycles. The van der Waals surface area contributed by atoms with E-state index >= 15 is 0 Å². The Morgan fingerprint density at radius 3 is 2.88 bits per heavy atom. The molecule has 0 aromatic carbocycles.